The Morgan fingerprint density at radius 3 is 3.00 bits per heavy atom. The zero-order valence-electron chi connectivity index (χ0n) is 7.75. The molecule has 0 aromatic carbocycles. The second kappa shape index (κ2) is 4.81. The smallest absolute Gasteiger partial charge is 0.339 e. The number of carboxylic acids is 1. The van der Waals surface area contributed by atoms with E-state index in [-0.39, 0.29) is 5.56 Å². The van der Waals surface area contributed by atoms with Gasteiger partial charge in [0.05, 0.1) is 5.02 Å². The van der Waals surface area contributed by atoms with Gasteiger partial charge in [0.15, 0.2) is 0 Å². The van der Waals surface area contributed by atoms with Crippen LogP contribution in [0.15, 0.2) is 12.3 Å². The van der Waals surface area contributed by atoms with Crippen molar-refractivity contribution in [3.05, 3.63) is 22.8 Å². The summed E-state index contributed by atoms with van der Waals surface area (Å²) in [5.74, 6) is -0.664. The molecular formula is C9H11ClN2O2. The van der Waals surface area contributed by atoms with Crippen LogP contribution >= 0.6 is 11.6 Å². The highest BCUT2D eigenvalue weighted by molar-refractivity contribution is 6.30. The first-order chi connectivity index (χ1) is 6.65. The van der Waals surface area contributed by atoms with Crippen LogP contribution in [0.1, 0.15) is 23.7 Å². The molecule has 0 saturated heterocycles. The Kier molecular flexibility index (Phi) is 3.71. The second-order valence-corrected chi connectivity index (χ2v) is 3.22. The zero-order valence-corrected chi connectivity index (χ0v) is 8.51. The van der Waals surface area contributed by atoms with Crippen LogP contribution in [0.4, 0.5) is 5.82 Å². The van der Waals surface area contributed by atoms with Gasteiger partial charge in [-0.05, 0) is 12.5 Å². The third kappa shape index (κ3) is 2.60. The molecule has 14 heavy (non-hydrogen) atoms. The van der Waals surface area contributed by atoms with Crippen molar-refractivity contribution >= 4 is 23.4 Å². The van der Waals surface area contributed by atoms with Crippen molar-refractivity contribution in [3.63, 3.8) is 0 Å². The van der Waals surface area contributed by atoms with E-state index >= 15 is 0 Å². The summed E-state index contributed by atoms with van der Waals surface area (Å²) in [6.45, 7) is 2.68. The van der Waals surface area contributed by atoms with E-state index in [0.717, 1.165) is 6.42 Å². The normalized spacial score (nSPS) is 9.86. The molecule has 2 N–H and O–H groups in total. The maximum atomic E-state index is 10.8. The lowest BCUT2D eigenvalue weighted by Gasteiger charge is -2.06. The van der Waals surface area contributed by atoms with Crippen LogP contribution in [-0.2, 0) is 0 Å². The Balaban J connectivity index is 2.96. The number of halogens is 1. The minimum Gasteiger partial charge on any atom is -0.478 e. The summed E-state index contributed by atoms with van der Waals surface area (Å²) in [5.41, 5.74) is 0.103. The minimum atomic E-state index is -1.03. The summed E-state index contributed by atoms with van der Waals surface area (Å²) in [4.78, 5) is 14.7. The van der Waals surface area contributed by atoms with E-state index in [2.05, 4.69) is 10.3 Å². The van der Waals surface area contributed by atoms with Gasteiger partial charge in [-0.2, -0.15) is 0 Å². The highest BCUT2D eigenvalue weighted by atomic mass is 35.5. The third-order valence-electron chi connectivity index (χ3n) is 1.63. The summed E-state index contributed by atoms with van der Waals surface area (Å²) in [6.07, 6.45) is 2.33. The maximum Gasteiger partial charge on any atom is 0.339 e. The van der Waals surface area contributed by atoms with Crippen molar-refractivity contribution in [2.75, 3.05) is 11.9 Å². The molecule has 0 radical (unpaired) electrons. The van der Waals surface area contributed by atoms with Crippen LogP contribution in [0, 0.1) is 0 Å². The number of aromatic carboxylic acids is 1. The van der Waals surface area contributed by atoms with E-state index < -0.39 is 5.97 Å². The average Bonchev–Trinajstić information content (AvgIpc) is 2.15. The molecule has 4 nitrogen and oxygen atoms in total. The second-order valence-electron chi connectivity index (χ2n) is 2.78. The minimum absolute atomic E-state index is 0.103. The van der Waals surface area contributed by atoms with Gasteiger partial charge in [-0.25, -0.2) is 9.78 Å². The van der Waals surface area contributed by atoms with Gasteiger partial charge < -0.3 is 10.4 Å². The fourth-order valence-electron chi connectivity index (χ4n) is 0.987. The monoisotopic (exact) mass is 214 g/mol. The zero-order chi connectivity index (χ0) is 10.6. The van der Waals surface area contributed by atoms with Gasteiger partial charge in [0.2, 0.25) is 0 Å². The first-order valence-corrected chi connectivity index (χ1v) is 4.65. The molecule has 1 heterocycles. The summed E-state index contributed by atoms with van der Waals surface area (Å²) in [6, 6.07) is 1.38. The van der Waals surface area contributed by atoms with E-state index in [9.17, 15) is 4.79 Å². The van der Waals surface area contributed by atoms with Crippen LogP contribution in [0.3, 0.4) is 0 Å². The Morgan fingerprint density at radius 1 is 1.71 bits per heavy atom. The van der Waals surface area contributed by atoms with Crippen molar-refractivity contribution in [3.8, 4) is 0 Å². The standard InChI is InChI=1S/C9H11ClN2O2/c1-2-3-11-8-7(9(13)14)4-6(10)5-12-8/h4-5H,2-3H2,1H3,(H,11,12)(H,13,14). The number of carboxylic acid groups (broad SMARTS) is 1. The molecule has 0 aliphatic heterocycles. The van der Waals surface area contributed by atoms with Gasteiger partial charge in [0, 0.05) is 12.7 Å². The van der Waals surface area contributed by atoms with E-state index in [0.29, 0.717) is 17.4 Å². The van der Waals surface area contributed by atoms with Crippen molar-refractivity contribution in [2.24, 2.45) is 0 Å². The fraction of sp³-hybridized carbons (Fsp3) is 0.333. The Bertz CT molecular complexity index is 342. The SMILES string of the molecule is CCCNc1ncc(Cl)cc1C(=O)O. The molecule has 0 spiro atoms. The van der Waals surface area contributed by atoms with Crippen molar-refractivity contribution in [1.29, 1.82) is 0 Å². The number of anilines is 1. The van der Waals surface area contributed by atoms with Crippen molar-refractivity contribution in [2.45, 2.75) is 13.3 Å². The number of nitrogens with zero attached hydrogens (tertiary/aromatic N) is 1. The summed E-state index contributed by atoms with van der Waals surface area (Å²) in [7, 11) is 0. The lowest BCUT2D eigenvalue weighted by molar-refractivity contribution is 0.0697. The van der Waals surface area contributed by atoms with Crippen LogP contribution in [0.2, 0.25) is 5.02 Å². The van der Waals surface area contributed by atoms with Crippen LogP contribution in [-0.4, -0.2) is 22.6 Å². The molecular weight excluding hydrogens is 204 g/mol. The first kappa shape index (κ1) is 10.8. The Morgan fingerprint density at radius 2 is 2.43 bits per heavy atom. The van der Waals surface area contributed by atoms with Gasteiger partial charge in [0.1, 0.15) is 11.4 Å². The molecule has 1 rings (SSSR count). The van der Waals surface area contributed by atoms with Gasteiger partial charge in [-0.1, -0.05) is 18.5 Å². The van der Waals surface area contributed by atoms with Crippen LogP contribution in [0.5, 0.6) is 0 Å². The summed E-state index contributed by atoms with van der Waals surface area (Å²) >= 11 is 5.64. The highest BCUT2D eigenvalue weighted by Crippen LogP contribution is 2.17. The van der Waals surface area contributed by atoms with Gasteiger partial charge in [0.25, 0.3) is 0 Å². The van der Waals surface area contributed by atoms with Crippen molar-refractivity contribution in [1.82, 2.24) is 4.98 Å². The number of carbonyl (C=O) groups is 1. The first-order valence-electron chi connectivity index (χ1n) is 4.28. The number of pyridine rings is 1. The van der Waals surface area contributed by atoms with Gasteiger partial charge in [-0.3, -0.25) is 0 Å². The quantitative estimate of drug-likeness (QED) is 0.807. The highest BCUT2D eigenvalue weighted by Gasteiger charge is 2.11. The molecule has 0 aliphatic rings. The molecule has 5 heteroatoms. The average molecular weight is 215 g/mol. The maximum absolute atomic E-state index is 10.8. The predicted octanol–water partition coefficient (Wildman–Crippen LogP) is 2.26. The number of nitrogens with one attached hydrogen (secondary N) is 1. The molecule has 76 valence electrons. The molecule has 0 unspecified atom stereocenters. The largest absolute Gasteiger partial charge is 0.478 e. The summed E-state index contributed by atoms with van der Waals surface area (Å²) in [5, 5.41) is 12.1. The summed E-state index contributed by atoms with van der Waals surface area (Å²) < 4.78 is 0. The molecule has 0 atom stereocenters. The van der Waals surface area contributed by atoms with Crippen LogP contribution < -0.4 is 5.32 Å². The Hall–Kier alpha value is -1.29. The van der Waals surface area contributed by atoms with E-state index in [1.165, 1.54) is 12.3 Å². The molecule has 0 fully saturated rings. The molecule has 1 aromatic heterocycles. The number of hydrogen-bond donors (Lipinski definition) is 2. The number of hydrogen-bond acceptors (Lipinski definition) is 3. The number of rotatable bonds is 4. The molecule has 1 aromatic rings. The predicted molar refractivity (Wildman–Crippen MR) is 55.0 cm³/mol. The van der Waals surface area contributed by atoms with E-state index in [1.54, 1.807) is 0 Å². The fourth-order valence-corrected chi connectivity index (χ4v) is 1.14. The van der Waals surface area contributed by atoms with E-state index in [4.69, 9.17) is 16.7 Å². The Labute approximate surface area is 86.9 Å². The lowest BCUT2D eigenvalue weighted by Crippen LogP contribution is -2.08. The van der Waals surface area contributed by atoms with Gasteiger partial charge >= 0.3 is 5.97 Å². The van der Waals surface area contributed by atoms with Crippen LogP contribution in [0.25, 0.3) is 0 Å². The van der Waals surface area contributed by atoms with Gasteiger partial charge in [-0.15, -0.1) is 0 Å². The third-order valence-corrected chi connectivity index (χ3v) is 1.83. The molecule has 0 saturated carbocycles. The molecule has 0 bridgehead atoms. The molecule has 0 amide bonds. The van der Waals surface area contributed by atoms with E-state index in [1.807, 2.05) is 6.92 Å². The molecule has 0 aliphatic carbocycles. The lowest BCUT2D eigenvalue weighted by atomic mass is 10.2. The number of aromatic nitrogens is 1. The topological polar surface area (TPSA) is 62.2 Å². The van der Waals surface area contributed by atoms with Crippen molar-refractivity contribution < 1.29 is 9.90 Å².